The van der Waals surface area contributed by atoms with E-state index in [9.17, 15) is 4.79 Å². The number of nitrogens with zero attached hydrogens (tertiary/aromatic N) is 3. The number of amides is 1. The van der Waals surface area contributed by atoms with Gasteiger partial charge in [0.1, 0.15) is 0 Å². The largest absolute Gasteiger partial charge is 0.381 e. The number of anilines is 2. The Kier molecular flexibility index (Phi) is 5.65. The molecule has 2 N–H and O–H groups in total. The Morgan fingerprint density at radius 1 is 1.36 bits per heavy atom. The van der Waals surface area contributed by atoms with E-state index in [4.69, 9.17) is 0 Å². The molecular formula is C18H25N5OS. The summed E-state index contributed by atoms with van der Waals surface area (Å²) in [6.07, 6.45) is 4.22. The number of likely N-dealkylation sites (tertiary alicyclic amines) is 1. The zero-order valence-electron chi connectivity index (χ0n) is 15.0. The molecular weight excluding hydrogens is 334 g/mol. The number of hydrogen-bond acceptors (Lipinski definition) is 6. The topological polar surface area (TPSA) is 70.2 Å². The Hall–Kier alpha value is -1.99. The van der Waals surface area contributed by atoms with Crippen LogP contribution in [0, 0.1) is 13.8 Å². The fourth-order valence-electron chi connectivity index (χ4n) is 3.28. The van der Waals surface area contributed by atoms with Crippen molar-refractivity contribution in [1.29, 1.82) is 0 Å². The van der Waals surface area contributed by atoms with Crippen LogP contribution in [-0.2, 0) is 11.3 Å². The molecule has 0 radical (unpaired) electrons. The summed E-state index contributed by atoms with van der Waals surface area (Å²) in [5.74, 6) is -0.0777. The maximum absolute atomic E-state index is 11.1. The van der Waals surface area contributed by atoms with E-state index in [-0.39, 0.29) is 5.91 Å². The first-order chi connectivity index (χ1) is 12.0. The van der Waals surface area contributed by atoms with Gasteiger partial charge in [-0.3, -0.25) is 14.7 Å². The summed E-state index contributed by atoms with van der Waals surface area (Å²) in [4.78, 5) is 23.4. The molecule has 3 heterocycles. The van der Waals surface area contributed by atoms with E-state index in [1.165, 1.54) is 24.6 Å². The minimum atomic E-state index is -0.0777. The number of rotatable bonds is 5. The van der Waals surface area contributed by atoms with Gasteiger partial charge in [-0.2, -0.15) is 0 Å². The minimum absolute atomic E-state index is 0.0777. The normalized spacial score (nSPS) is 18.1. The molecule has 0 aromatic carbocycles. The first-order valence-corrected chi connectivity index (χ1v) is 9.46. The van der Waals surface area contributed by atoms with Gasteiger partial charge in [0.25, 0.3) is 0 Å². The minimum Gasteiger partial charge on any atom is -0.381 e. The van der Waals surface area contributed by atoms with Crippen LogP contribution < -0.4 is 10.6 Å². The number of piperidine rings is 1. The van der Waals surface area contributed by atoms with Crippen molar-refractivity contribution in [2.45, 2.75) is 46.2 Å². The Balaban J connectivity index is 1.57. The van der Waals surface area contributed by atoms with E-state index in [0.29, 0.717) is 11.2 Å². The molecule has 1 aliphatic rings. The Labute approximate surface area is 152 Å². The first kappa shape index (κ1) is 17.8. The van der Waals surface area contributed by atoms with Crippen LogP contribution in [0.3, 0.4) is 0 Å². The SMILES string of the molecule is CC(=O)Nc1ncc(CN2CCC[C@H](Nc3cc(C)nc(C)c3)C2)s1. The maximum Gasteiger partial charge on any atom is 0.223 e. The number of hydrogen-bond donors (Lipinski definition) is 2. The summed E-state index contributed by atoms with van der Waals surface area (Å²) in [5, 5.41) is 7.08. The second-order valence-corrected chi connectivity index (χ2v) is 7.79. The van der Waals surface area contributed by atoms with Crippen molar-refractivity contribution in [3.05, 3.63) is 34.6 Å². The van der Waals surface area contributed by atoms with Crippen LogP contribution in [0.25, 0.3) is 0 Å². The molecule has 2 aromatic rings. The number of pyridine rings is 1. The fourth-order valence-corrected chi connectivity index (χ4v) is 4.18. The number of carbonyl (C=O) groups excluding carboxylic acids is 1. The molecule has 0 unspecified atom stereocenters. The van der Waals surface area contributed by atoms with Crippen molar-refractivity contribution >= 4 is 28.1 Å². The number of aryl methyl sites for hydroxylation is 2. The van der Waals surface area contributed by atoms with E-state index in [0.717, 1.165) is 36.7 Å². The number of thiazole rings is 1. The third-order valence-electron chi connectivity index (χ3n) is 4.17. The third-order valence-corrected chi connectivity index (χ3v) is 5.07. The van der Waals surface area contributed by atoms with Gasteiger partial charge in [-0.1, -0.05) is 0 Å². The second-order valence-electron chi connectivity index (χ2n) is 6.67. The van der Waals surface area contributed by atoms with Crippen molar-refractivity contribution in [3.63, 3.8) is 0 Å². The monoisotopic (exact) mass is 359 g/mol. The van der Waals surface area contributed by atoms with Gasteiger partial charge in [-0.05, 0) is 45.4 Å². The zero-order chi connectivity index (χ0) is 17.8. The van der Waals surface area contributed by atoms with Gasteiger partial charge in [-0.15, -0.1) is 11.3 Å². The van der Waals surface area contributed by atoms with Crippen molar-refractivity contribution < 1.29 is 4.79 Å². The number of nitrogens with one attached hydrogen (secondary N) is 2. The molecule has 1 aliphatic heterocycles. The van der Waals surface area contributed by atoms with Crippen LogP contribution in [0.5, 0.6) is 0 Å². The highest BCUT2D eigenvalue weighted by Crippen LogP contribution is 2.23. The summed E-state index contributed by atoms with van der Waals surface area (Å²) in [7, 11) is 0. The van der Waals surface area contributed by atoms with E-state index < -0.39 is 0 Å². The maximum atomic E-state index is 11.1. The molecule has 25 heavy (non-hydrogen) atoms. The van der Waals surface area contributed by atoms with Crippen LogP contribution in [0.2, 0.25) is 0 Å². The van der Waals surface area contributed by atoms with E-state index in [1.807, 2.05) is 20.0 Å². The van der Waals surface area contributed by atoms with Crippen LogP contribution in [-0.4, -0.2) is 39.9 Å². The van der Waals surface area contributed by atoms with E-state index in [2.05, 4.69) is 37.6 Å². The zero-order valence-corrected chi connectivity index (χ0v) is 15.8. The van der Waals surface area contributed by atoms with Crippen LogP contribution >= 0.6 is 11.3 Å². The molecule has 1 atom stereocenters. The first-order valence-electron chi connectivity index (χ1n) is 8.64. The Morgan fingerprint density at radius 3 is 2.84 bits per heavy atom. The highest BCUT2D eigenvalue weighted by atomic mass is 32.1. The van der Waals surface area contributed by atoms with Gasteiger partial charge in [0.05, 0.1) is 0 Å². The summed E-state index contributed by atoms with van der Waals surface area (Å²) in [6.45, 7) is 8.55. The van der Waals surface area contributed by atoms with Crippen molar-refractivity contribution in [2.24, 2.45) is 0 Å². The lowest BCUT2D eigenvalue weighted by Crippen LogP contribution is -2.41. The van der Waals surface area contributed by atoms with Crippen LogP contribution in [0.15, 0.2) is 18.3 Å². The molecule has 6 nitrogen and oxygen atoms in total. The van der Waals surface area contributed by atoms with Crippen LogP contribution in [0.1, 0.15) is 36.0 Å². The summed E-state index contributed by atoms with van der Waals surface area (Å²) in [6, 6.07) is 4.65. The second kappa shape index (κ2) is 7.93. The molecule has 134 valence electrons. The molecule has 0 aliphatic carbocycles. The van der Waals surface area contributed by atoms with Crippen molar-refractivity contribution in [3.8, 4) is 0 Å². The van der Waals surface area contributed by atoms with E-state index in [1.54, 1.807) is 11.3 Å². The lowest BCUT2D eigenvalue weighted by Gasteiger charge is -2.33. The van der Waals surface area contributed by atoms with E-state index >= 15 is 0 Å². The smallest absolute Gasteiger partial charge is 0.223 e. The standard InChI is InChI=1S/C18H25N5OS/c1-12-7-16(8-13(2)20-12)22-15-5-4-6-23(10-15)11-17-9-19-18(25-17)21-14(3)24/h7-9,15H,4-6,10-11H2,1-3H3,(H,20,22)(H,19,21,24)/t15-/m0/s1. The average Bonchev–Trinajstić information content (AvgIpc) is 2.92. The molecule has 0 bridgehead atoms. The van der Waals surface area contributed by atoms with Gasteiger partial charge in [0.2, 0.25) is 5.91 Å². The summed E-state index contributed by atoms with van der Waals surface area (Å²) >= 11 is 1.55. The average molecular weight is 359 g/mol. The Bertz CT molecular complexity index is 725. The molecule has 2 aromatic heterocycles. The summed E-state index contributed by atoms with van der Waals surface area (Å²) in [5.41, 5.74) is 3.25. The molecule has 0 saturated carbocycles. The number of aromatic nitrogens is 2. The molecule has 1 amide bonds. The molecule has 1 fully saturated rings. The highest BCUT2D eigenvalue weighted by molar-refractivity contribution is 7.15. The van der Waals surface area contributed by atoms with Gasteiger partial charge in [0, 0.05) is 54.2 Å². The van der Waals surface area contributed by atoms with Gasteiger partial charge < -0.3 is 10.6 Å². The van der Waals surface area contributed by atoms with Gasteiger partial charge in [-0.25, -0.2) is 4.98 Å². The lowest BCUT2D eigenvalue weighted by atomic mass is 10.1. The fraction of sp³-hybridized carbons (Fsp3) is 0.500. The molecule has 7 heteroatoms. The third kappa shape index (κ3) is 5.24. The predicted molar refractivity (Wildman–Crippen MR) is 102 cm³/mol. The van der Waals surface area contributed by atoms with Crippen LogP contribution in [0.4, 0.5) is 10.8 Å². The Morgan fingerprint density at radius 2 is 2.12 bits per heavy atom. The quantitative estimate of drug-likeness (QED) is 0.858. The predicted octanol–water partition coefficient (Wildman–Crippen LogP) is 3.19. The van der Waals surface area contributed by atoms with Gasteiger partial charge >= 0.3 is 0 Å². The summed E-state index contributed by atoms with van der Waals surface area (Å²) < 4.78 is 0. The lowest BCUT2D eigenvalue weighted by molar-refractivity contribution is -0.114. The highest BCUT2D eigenvalue weighted by Gasteiger charge is 2.20. The molecule has 1 saturated heterocycles. The molecule has 0 spiro atoms. The van der Waals surface area contributed by atoms with Crippen molar-refractivity contribution in [2.75, 3.05) is 23.7 Å². The molecule has 3 rings (SSSR count). The van der Waals surface area contributed by atoms with Gasteiger partial charge in [0.15, 0.2) is 5.13 Å². The van der Waals surface area contributed by atoms with Crippen molar-refractivity contribution in [1.82, 2.24) is 14.9 Å². The number of carbonyl (C=O) groups is 1.